The minimum atomic E-state index is 0.599. The standard InChI is InChI=1S/C16H12N2O2/c1-9-3-5-13-14(7-9)20-16(18-13)11-4-6-12-15(8-11)19-10(2)17-12/h3-8H,1-2H3. The first-order chi connectivity index (χ1) is 9.69. The third-order valence-corrected chi connectivity index (χ3v) is 3.29. The van der Waals surface area contributed by atoms with Crippen LogP contribution in [-0.4, -0.2) is 9.97 Å². The molecule has 20 heavy (non-hydrogen) atoms. The first-order valence-electron chi connectivity index (χ1n) is 6.44. The predicted octanol–water partition coefficient (Wildman–Crippen LogP) is 4.25. The second-order valence-corrected chi connectivity index (χ2v) is 4.91. The van der Waals surface area contributed by atoms with E-state index in [1.165, 1.54) is 0 Å². The Kier molecular flexibility index (Phi) is 2.21. The largest absolute Gasteiger partial charge is 0.441 e. The molecule has 0 aliphatic carbocycles. The highest BCUT2D eigenvalue weighted by atomic mass is 16.4. The highest BCUT2D eigenvalue weighted by molar-refractivity contribution is 5.81. The van der Waals surface area contributed by atoms with Crippen LogP contribution < -0.4 is 0 Å². The molecule has 0 saturated carbocycles. The Balaban J connectivity index is 1.90. The van der Waals surface area contributed by atoms with Gasteiger partial charge in [-0.05, 0) is 42.8 Å². The van der Waals surface area contributed by atoms with Crippen molar-refractivity contribution in [2.24, 2.45) is 0 Å². The fourth-order valence-electron chi connectivity index (χ4n) is 2.33. The summed E-state index contributed by atoms with van der Waals surface area (Å²) in [5.74, 6) is 1.26. The van der Waals surface area contributed by atoms with Crippen molar-refractivity contribution in [3.8, 4) is 11.5 Å². The quantitative estimate of drug-likeness (QED) is 0.515. The average Bonchev–Trinajstić information content (AvgIpc) is 2.99. The fourth-order valence-corrected chi connectivity index (χ4v) is 2.33. The van der Waals surface area contributed by atoms with Gasteiger partial charge in [-0.1, -0.05) is 6.07 Å². The lowest BCUT2D eigenvalue weighted by Gasteiger charge is -1.93. The van der Waals surface area contributed by atoms with Crippen molar-refractivity contribution in [2.45, 2.75) is 13.8 Å². The van der Waals surface area contributed by atoms with Gasteiger partial charge in [0.2, 0.25) is 5.89 Å². The molecular weight excluding hydrogens is 252 g/mol. The van der Waals surface area contributed by atoms with Crippen LogP contribution in [0.2, 0.25) is 0 Å². The van der Waals surface area contributed by atoms with Gasteiger partial charge in [0.25, 0.3) is 0 Å². The maximum absolute atomic E-state index is 5.82. The third kappa shape index (κ3) is 1.69. The van der Waals surface area contributed by atoms with Crippen LogP contribution >= 0.6 is 0 Å². The van der Waals surface area contributed by atoms with Gasteiger partial charge >= 0.3 is 0 Å². The molecule has 0 fully saturated rings. The molecule has 0 unspecified atom stereocenters. The van der Waals surface area contributed by atoms with Crippen LogP contribution in [0.1, 0.15) is 11.5 Å². The summed E-state index contributed by atoms with van der Waals surface area (Å²) in [7, 11) is 0. The number of oxazole rings is 2. The Labute approximate surface area is 115 Å². The summed E-state index contributed by atoms with van der Waals surface area (Å²) in [4.78, 5) is 8.79. The molecule has 0 radical (unpaired) electrons. The van der Waals surface area contributed by atoms with E-state index in [0.29, 0.717) is 11.8 Å². The van der Waals surface area contributed by atoms with Crippen LogP contribution in [0.15, 0.2) is 45.2 Å². The zero-order valence-electron chi connectivity index (χ0n) is 11.2. The zero-order chi connectivity index (χ0) is 13.7. The molecule has 4 heteroatoms. The normalized spacial score (nSPS) is 11.5. The molecule has 4 rings (SSSR count). The first kappa shape index (κ1) is 11.2. The van der Waals surface area contributed by atoms with E-state index in [9.17, 15) is 0 Å². The lowest BCUT2D eigenvalue weighted by Crippen LogP contribution is -1.77. The highest BCUT2D eigenvalue weighted by Crippen LogP contribution is 2.27. The topological polar surface area (TPSA) is 52.1 Å². The van der Waals surface area contributed by atoms with E-state index in [1.54, 1.807) is 0 Å². The molecule has 0 atom stereocenters. The Bertz CT molecular complexity index is 934. The number of aryl methyl sites for hydroxylation is 2. The monoisotopic (exact) mass is 264 g/mol. The van der Waals surface area contributed by atoms with Gasteiger partial charge in [0.1, 0.15) is 11.0 Å². The van der Waals surface area contributed by atoms with Crippen molar-refractivity contribution in [1.29, 1.82) is 0 Å². The van der Waals surface area contributed by atoms with Gasteiger partial charge in [0.15, 0.2) is 17.1 Å². The molecule has 0 aliphatic rings. The Hall–Kier alpha value is -2.62. The van der Waals surface area contributed by atoms with Crippen molar-refractivity contribution in [3.63, 3.8) is 0 Å². The number of rotatable bonds is 1. The van der Waals surface area contributed by atoms with Crippen molar-refractivity contribution in [3.05, 3.63) is 47.9 Å². The number of hydrogen-bond donors (Lipinski definition) is 0. The van der Waals surface area contributed by atoms with E-state index in [2.05, 4.69) is 9.97 Å². The number of benzene rings is 2. The summed E-state index contributed by atoms with van der Waals surface area (Å²) < 4.78 is 11.4. The predicted molar refractivity (Wildman–Crippen MR) is 76.5 cm³/mol. The second-order valence-electron chi connectivity index (χ2n) is 4.91. The Morgan fingerprint density at radius 2 is 1.55 bits per heavy atom. The summed E-state index contributed by atoms with van der Waals surface area (Å²) >= 11 is 0. The van der Waals surface area contributed by atoms with Gasteiger partial charge in [0.05, 0.1) is 0 Å². The molecule has 2 aromatic carbocycles. The van der Waals surface area contributed by atoms with Crippen molar-refractivity contribution in [2.75, 3.05) is 0 Å². The fraction of sp³-hybridized carbons (Fsp3) is 0.125. The van der Waals surface area contributed by atoms with Gasteiger partial charge in [0, 0.05) is 12.5 Å². The molecule has 2 aromatic heterocycles. The molecule has 0 N–H and O–H groups in total. The summed E-state index contributed by atoms with van der Waals surface area (Å²) in [6, 6.07) is 11.8. The van der Waals surface area contributed by atoms with Crippen LogP contribution in [-0.2, 0) is 0 Å². The van der Waals surface area contributed by atoms with Crippen molar-refractivity contribution >= 4 is 22.2 Å². The Morgan fingerprint density at radius 3 is 2.45 bits per heavy atom. The molecule has 4 nitrogen and oxygen atoms in total. The molecule has 98 valence electrons. The molecule has 0 saturated heterocycles. The molecule has 0 aliphatic heterocycles. The Morgan fingerprint density at radius 1 is 0.800 bits per heavy atom. The van der Waals surface area contributed by atoms with Crippen molar-refractivity contribution in [1.82, 2.24) is 9.97 Å². The summed E-state index contributed by atoms with van der Waals surface area (Å²) in [6.07, 6.45) is 0. The number of nitrogens with zero attached hydrogens (tertiary/aromatic N) is 2. The molecule has 0 spiro atoms. The average molecular weight is 264 g/mol. The van der Waals surface area contributed by atoms with Crippen molar-refractivity contribution < 1.29 is 8.83 Å². The first-order valence-corrected chi connectivity index (χ1v) is 6.44. The molecule has 0 amide bonds. The summed E-state index contributed by atoms with van der Waals surface area (Å²) in [5.41, 5.74) is 5.30. The van der Waals surface area contributed by atoms with Crippen LogP contribution in [0.4, 0.5) is 0 Å². The maximum atomic E-state index is 5.82. The molecule has 4 aromatic rings. The minimum absolute atomic E-state index is 0.599. The highest BCUT2D eigenvalue weighted by Gasteiger charge is 2.10. The number of fused-ring (bicyclic) bond motifs is 2. The van der Waals surface area contributed by atoms with E-state index in [4.69, 9.17) is 8.83 Å². The van der Waals surface area contributed by atoms with E-state index < -0.39 is 0 Å². The second kappa shape index (κ2) is 3.93. The lowest BCUT2D eigenvalue weighted by atomic mass is 10.2. The lowest BCUT2D eigenvalue weighted by molar-refractivity contribution is 0.560. The van der Waals surface area contributed by atoms with E-state index in [0.717, 1.165) is 33.3 Å². The van der Waals surface area contributed by atoms with Gasteiger partial charge in [-0.25, -0.2) is 9.97 Å². The summed E-state index contributed by atoms with van der Waals surface area (Å²) in [6.45, 7) is 3.87. The SMILES string of the molecule is Cc1ccc2nc(-c3ccc4nc(C)oc4c3)oc2c1. The number of aromatic nitrogens is 2. The van der Waals surface area contributed by atoms with E-state index in [-0.39, 0.29) is 0 Å². The zero-order valence-corrected chi connectivity index (χ0v) is 11.2. The van der Waals surface area contributed by atoms with Gasteiger partial charge < -0.3 is 8.83 Å². The van der Waals surface area contributed by atoms with Crippen LogP contribution in [0.25, 0.3) is 33.7 Å². The van der Waals surface area contributed by atoms with E-state index >= 15 is 0 Å². The van der Waals surface area contributed by atoms with Crippen LogP contribution in [0, 0.1) is 13.8 Å². The van der Waals surface area contributed by atoms with Crippen LogP contribution in [0.5, 0.6) is 0 Å². The maximum Gasteiger partial charge on any atom is 0.227 e. The molecule has 0 bridgehead atoms. The number of hydrogen-bond acceptors (Lipinski definition) is 4. The van der Waals surface area contributed by atoms with E-state index in [1.807, 2.05) is 50.2 Å². The molecule has 2 heterocycles. The van der Waals surface area contributed by atoms with Gasteiger partial charge in [-0.3, -0.25) is 0 Å². The van der Waals surface area contributed by atoms with Gasteiger partial charge in [-0.15, -0.1) is 0 Å². The summed E-state index contributed by atoms with van der Waals surface area (Å²) in [5, 5.41) is 0. The molecular formula is C16H12N2O2. The van der Waals surface area contributed by atoms with Crippen LogP contribution in [0.3, 0.4) is 0 Å². The van der Waals surface area contributed by atoms with Gasteiger partial charge in [-0.2, -0.15) is 0 Å². The minimum Gasteiger partial charge on any atom is -0.441 e. The third-order valence-electron chi connectivity index (χ3n) is 3.29. The smallest absolute Gasteiger partial charge is 0.227 e.